The first-order chi connectivity index (χ1) is 8.77. The Morgan fingerprint density at radius 2 is 1.89 bits per heavy atom. The van der Waals surface area contributed by atoms with Crippen LogP contribution < -0.4 is 5.56 Å². The molecule has 0 spiro atoms. The Balaban J connectivity index is 2.46. The minimum Gasteiger partial charge on any atom is -0.268 e. The van der Waals surface area contributed by atoms with Gasteiger partial charge in [-0.2, -0.15) is 0 Å². The maximum Gasteiger partial charge on any atom is 0.267 e. The zero-order valence-electron chi connectivity index (χ0n) is 11.1. The number of nitrogens with zero attached hydrogens (tertiary/aromatic N) is 1. The molecule has 0 amide bonds. The van der Waals surface area contributed by atoms with Gasteiger partial charge in [0.2, 0.25) is 0 Å². The number of unbranched alkanes of at least 4 members (excludes halogenated alkanes) is 1. The van der Waals surface area contributed by atoms with Gasteiger partial charge in [-0.25, -0.2) is 0 Å². The van der Waals surface area contributed by atoms with Gasteiger partial charge in [0, 0.05) is 11.3 Å². The number of hydrogen-bond acceptors (Lipinski definition) is 1. The summed E-state index contributed by atoms with van der Waals surface area (Å²) in [5.74, 6) is 0. The van der Waals surface area contributed by atoms with Crippen LogP contribution in [0.4, 0.5) is 0 Å². The lowest BCUT2D eigenvalue weighted by atomic mass is 10.1. The first-order valence-electron chi connectivity index (χ1n) is 6.66. The molecule has 0 radical (unpaired) electrons. The van der Waals surface area contributed by atoms with Gasteiger partial charge >= 0.3 is 0 Å². The van der Waals surface area contributed by atoms with E-state index in [2.05, 4.69) is 18.9 Å². The average Bonchev–Trinajstić information content (AvgIpc) is 2.73. The fourth-order valence-corrected chi connectivity index (χ4v) is 2.28. The van der Waals surface area contributed by atoms with Crippen LogP contribution in [0.2, 0.25) is 0 Å². The van der Waals surface area contributed by atoms with Crippen molar-refractivity contribution in [3.63, 3.8) is 0 Å². The van der Waals surface area contributed by atoms with Crippen LogP contribution in [0, 0.1) is 0 Å². The lowest BCUT2D eigenvalue weighted by Crippen LogP contribution is -2.07. The normalized spacial score (nSPS) is 10.8. The van der Waals surface area contributed by atoms with Crippen LogP contribution in [0.5, 0.6) is 0 Å². The first-order valence-corrected chi connectivity index (χ1v) is 6.66. The molecule has 0 saturated heterocycles. The maximum absolute atomic E-state index is 12.0. The second kappa shape index (κ2) is 5.71. The molecule has 0 aliphatic rings. The molecule has 2 aromatic rings. The van der Waals surface area contributed by atoms with E-state index in [1.165, 1.54) is 0 Å². The van der Waals surface area contributed by atoms with Crippen molar-refractivity contribution in [3.8, 4) is 5.69 Å². The largest absolute Gasteiger partial charge is 0.268 e. The van der Waals surface area contributed by atoms with E-state index in [9.17, 15) is 4.79 Å². The minimum absolute atomic E-state index is 0.0594. The van der Waals surface area contributed by atoms with Gasteiger partial charge in [0.25, 0.3) is 5.56 Å². The minimum atomic E-state index is 0.0594. The molecule has 0 atom stereocenters. The highest BCUT2D eigenvalue weighted by Crippen LogP contribution is 2.14. The summed E-state index contributed by atoms with van der Waals surface area (Å²) < 4.78 is 1.92. The van der Waals surface area contributed by atoms with Gasteiger partial charge in [0.15, 0.2) is 0 Å². The van der Waals surface area contributed by atoms with Crippen molar-refractivity contribution in [2.24, 2.45) is 0 Å². The molecule has 3 heteroatoms. The smallest absolute Gasteiger partial charge is 0.267 e. The van der Waals surface area contributed by atoms with E-state index >= 15 is 0 Å². The number of hydrogen-bond donors (Lipinski definition) is 1. The van der Waals surface area contributed by atoms with Crippen LogP contribution in [0.1, 0.15) is 37.9 Å². The molecular weight excluding hydrogens is 224 g/mol. The molecule has 0 bridgehead atoms. The van der Waals surface area contributed by atoms with Crippen molar-refractivity contribution in [1.29, 1.82) is 0 Å². The molecule has 96 valence electrons. The topological polar surface area (TPSA) is 37.8 Å². The zero-order chi connectivity index (χ0) is 13.0. The van der Waals surface area contributed by atoms with Crippen LogP contribution in [0.25, 0.3) is 5.69 Å². The highest BCUT2D eigenvalue weighted by Gasteiger charge is 2.13. The molecule has 3 nitrogen and oxygen atoms in total. The highest BCUT2D eigenvalue weighted by molar-refractivity contribution is 5.35. The average molecular weight is 244 g/mol. The standard InChI is InChI=1S/C15H20N2O/c1-3-5-11-13-14(4-2)17(16-15(13)18)12-9-7-6-8-10-12/h6-10H,3-5,11H2,1-2H3,(H,16,18). The Labute approximate surface area is 107 Å². The Morgan fingerprint density at radius 3 is 2.50 bits per heavy atom. The van der Waals surface area contributed by atoms with Crippen molar-refractivity contribution >= 4 is 0 Å². The number of aromatic amines is 1. The van der Waals surface area contributed by atoms with Gasteiger partial charge in [-0.05, 0) is 31.4 Å². The zero-order valence-corrected chi connectivity index (χ0v) is 11.1. The van der Waals surface area contributed by atoms with Crippen LogP contribution in [0.15, 0.2) is 35.1 Å². The fourth-order valence-electron chi connectivity index (χ4n) is 2.28. The van der Waals surface area contributed by atoms with Crippen molar-refractivity contribution in [3.05, 3.63) is 51.9 Å². The summed E-state index contributed by atoms with van der Waals surface area (Å²) >= 11 is 0. The summed E-state index contributed by atoms with van der Waals surface area (Å²) in [6.07, 6.45) is 3.91. The lowest BCUT2D eigenvalue weighted by Gasteiger charge is -2.07. The molecule has 0 aliphatic carbocycles. The summed E-state index contributed by atoms with van der Waals surface area (Å²) in [6.45, 7) is 4.24. The van der Waals surface area contributed by atoms with Gasteiger partial charge in [-0.15, -0.1) is 0 Å². The Kier molecular flexibility index (Phi) is 4.03. The molecule has 1 N–H and O–H groups in total. The Bertz CT molecular complexity index is 552. The van der Waals surface area contributed by atoms with E-state index in [0.717, 1.165) is 42.6 Å². The predicted molar refractivity (Wildman–Crippen MR) is 74.4 cm³/mol. The van der Waals surface area contributed by atoms with Gasteiger partial charge < -0.3 is 0 Å². The molecule has 0 aliphatic heterocycles. The Morgan fingerprint density at radius 1 is 1.17 bits per heavy atom. The molecule has 1 heterocycles. The van der Waals surface area contributed by atoms with Crippen molar-refractivity contribution in [2.45, 2.75) is 39.5 Å². The van der Waals surface area contributed by atoms with Gasteiger partial charge in [0.1, 0.15) is 0 Å². The summed E-state index contributed by atoms with van der Waals surface area (Å²) in [6, 6.07) is 9.98. The van der Waals surface area contributed by atoms with Gasteiger partial charge in [0.05, 0.1) is 5.69 Å². The van der Waals surface area contributed by atoms with Crippen LogP contribution in [-0.4, -0.2) is 9.78 Å². The second-order valence-corrected chi connectivity index (χ2v) is 4.49. The predicted octanol–water partition coefficient (Wildman–Crippen LogP) is 3.07. The van der Waals surface area contributed by atoms with E-state index in [1.807, 2.05) is 35.0 Å². The van der Waals surface area contributed by atoms with Crippen molar-refractivity contribution < 1.29 is 0 Å². The fraction of sp³-hybridized carbons (Fsp3) is 0.400. The SMILES string of the molecule is CCCCc1c(CC)n(-c2ccccc2)[nH]c1=O. The number of nitrogens with one attached hydrogen (secondary N) is 1. The van der Waals surface area contributed by atoms with E-state index in [4.69, 9.17) is 0 Å². The number of para-hydroxylation sites is 1. The second-order valence-electron chi connectivity index (χ2n) is 4.49. The maximum atomic E-state index is 12.0. The number of benzene rings is 1. The van der Waals surface area contributed by atoms with Crippen molar-refractivity contribution in [2.75, 3.05) is 0 Å². The Hall–Kier alpha value is -1.77. The number of H-pyrrole nitrogens is 1. The molecule has 0 unspecified atom stereocenters. The van der Waals surface area contributed by atoms with E-state index in [0.29, 0.717) is 0 Å². The van der Waals surface area contributed by atoms with E-state index < -0.39 is 0 Å². The molecule has 0 fully saturated rings. The third-order valence-corrected chi connectivity index (χ3v) is 3.24. The van der Waals surface area contributed by atoms with E-state index in [1.54, 1.807) is 0 Å². The van der Waals surface area contributed by atoms with Crippen LogP contribution in [0.3, 0.4) is 0 Å². The van der Waals surface area contributed by atoms with E-state index in [-0.39, 0.29) is 5.56 Å². The molecule has 18 heavy (non-hydrogen) atoms. The summed E-state index contributed by atoms with van der Waals surface area (Å²) in [4.78, 5) is 12.0. The third kappa shape index (κ3) is 2.40. The van der Waals surface area contributed by atoms with Gasteiger partial charge in [-0.3, -0.25) is 14.6 Å². The summed E-state index contributed by atoms with van der Waals surface area (Å²) in [5.41, 5.74) is 3.14. The molecule has 1 aromatic carbocycles. The lowest BCUT2D eigenvalue weighted by molar-refractivity contribution is 0.772. The van der Waals surface area contributed by atoms with Crippen molar-refractivity contribution in [1.82, 2.24) is 9.78 Å². The van der Waals surface area contributed by atoms with Crippen LogP contribution in [-0.2, 0) is 12.8 Å². The van der Waals surface area contributed by atoms with Gasteiger partial charge in [-0.1, -0.05) is 38.5 Å². The summed E-state index contributed by atoms with van der Waals surface area (Å²) in [5, 5.41) is 2.95. The van der Waals surface area contributed by atoms with Crippen LogP contribution >= 0.6 is 0 Å². The molecular formula is C15H20N2O. The monoisotopic (exact) mass is 244 g/mol. The third-order valence-electron chi connectivity index (χ3n) is 3.24. The number of rotatable bonds is 5. The molecule has 0 saturated carbocycles. The number of aromatic nitrogens is 2. The summed E-state index contributed by atoms with van der Waals surface area (Å²) in [7, 11) is 0. The quantitative estimate of drug-likeness (QED) is 0.862. The molecule has 2 rings (SSSR count). The molecule has 1 aromatic heterocycles. The first kappa shape index (κ1) is 12.7. The highest BCUT2D eigenvalue weighted by atomic mass is 16.1.